The summed E-state index contributed by atoms with van der Waals surface area (Å²) >= 11 is 0. The summed E-state index contributed by atoms with van der Waals surface area (Å²) in [6.45, 7) is 0. The van der Waals surface area contributed by atoms with E-state index in [0.717, 1.165) is 25.3 Å². The number of hydrogen-bond acceptors (Lipinski definition) is 5. The number of nitro groups is 1. The van der Waals surface area contributed by atoms with E-state index in [4.69, 9.17) is 4.55 Å². The van der Waals surface area contributed by atoms with E-state index in [1.165, 1.54) is 0 Å². The molecule has 9 heteroatoms. The second kappa shape index (κ2) is 5.60. The molecule has 0 atom stereocenters. The van der Waals surface area contributed by atoms with Crippen LogP contribution >= 0.6 is 0 Å². The number of rotatable bonds is 3. The van der Waals surface area contributed by atoms with Gasteiger partial charge < -0.3 is 4.74 Å². The van der Waals surface area contributed by atoms with Gasteiger partial charge in [0.05, 0.1) is 16.9 Å². The molecule has 0 aliphatic carbocycles. The van der Waals surface area contributed by atoms with Crippen LogP contribution in [0.2, 0.25) is 0 Å². The van der Waals surface area contributed by atoms with E-state index in [2.05, 4.69) is 4.74 Å². The first-order chi connectivity index (χ1) is 6.86. The second-order valence-corrected chi connectivity index (χ2v) is 3.99. The topological polar surface area (TPSA) is 107 Å². The number of nitro benzene ring substituents is 1. The standard InChI is InChI=1S/C7H7NO6S.Na/c1-14-7-4-5(15(11,12)13)2-3-6(7)8(9)10;/h2-4H,1H3,(H,11,12,13);. The van der Waals surface area contributed by atoms with Gasteiger partial charge in [-0.3, -0.25) is 14.7 Å². The molecule has 7 nitrogen and oxygen atoms in total. The Balaban J connectivity index is 0.00000225. The zero-order chi connectivity index (χ0) is 11.6. The fourth-order valence-electron chi connectivity index (χ4n) is 0.969. The largest absolute Gasteiger partial charge is 0.490 e. The Morgan fingerprint density at radius 1 is 1.44 bits per heavy atom. The SMILES string of the molecule is COc1cc(S(=O)(=O)O)ccc1[N+](=O)[O-].[Na]. The minimum atomic E-state index is -4.38. The number of ether oxygens (including phenoxy) is 1. The molecule has 1 N–H and O–H groups in total. The summed E-state index contributed by atoms with van der Waals surface area (Å²) in [7, 11) is -3.22. The Labute approximate surface area is 114 Å². The molecule has 0 spiro atoms. The maximum atomic E-state index is 10.7. The zero-order valence-electron chi connectivity index (χ0n) is 8.58. The van der Waals surface area contributed by atoms with Crippen LogP contribution in [-0.4, -0.2) is 54.6 Å². The molecule has 83 valence electrons. The van der Waals surface area contributed by atoms with E-state index in [0.29, 0.717) is 0 Å². The smallest absolute Gasteiger partial charge is 0.310 e. The molecule has 0 aliphatic rings. The maximum Gasteiger partial charge on any atom is 0.310 e. The fourth-order valence-corrected chi connectivity index (χ4v) is 1.47. The van der Waals surface area contributed by atoms with Crippen molar-refractivity contribution in [2.24, 2.45) is 0 Å². The van der Waals surface area contributed by atoms with Gasteiger partial charge in [0.2, 0.25) is 0 Å². The van der Waals surface area contributed by atoms with Crippen molar-refractivity contribution in [3.05, 3.63) is 28.3 Å². The van der Waals surface area contributed by atoms with Crippen LogP contribution in [0.5, 0.6) is 5.75 Å². The maximum absolute atomic E-state index is 10.7. The van der Waals surface area contributed by atoms with Crippen molar-refractivity contribution >= 4 is 45.4 Å². The number of benzene rings is 1. The van der Waals surface area contributed by atoms with Crippen LogP contribution in [0.4, 0.5) is 5.69 Å². The van der Waals surface area contributed by atoms with E-state index in [1.807, 2.05) is 0 Å². The van der Waals surface area contributed by atoms with Crippen LogP contribution < -0.4 is 4.74 Å². The Morgan fingerprint density at radius 2 is 2.00 bits per heavy atom. The molecule has 0 saturated carbocycles. The average molecular weight is 256 g/mol. The molecule has 0 bridgehead atoms. The quantitative estimate of drug-likeness (QED) is 0.364. The third-order valence-electron chi connectivity index (χ3n) is 1.65. The molecule has 0 heterocycles. The van der Waals surface area contributed by atoms with Crippen molar-refractivity contribution in [1.29, 1.82) is 0 Å². The van der Waals surface area contributed by atoms with Crippen molar-refractivity contribution in [3.63, 3.8) is 0 Å². The van der Waals surface area contributed by atoms with E-state index in [-0.39, 0.29) is 41.0 Å². The Hall–Kier alpha value is -0.670. The van der Waals surface area contributed by atoms with Crippen LogP contribution in [0.3, 0.4) is 0 Å². The normalized spacial score (nSPS) is 10.4. The van der Waals surface area contributed by atoms with E-state index in [1.54, 1.807) is 0 Å². The van der Waals surface area contributed by atoms with Crippen molar-refractivity contribution in [1.82, 2.24) is 0 Å². The van der Waals surface area contributed by atoms with Crippen molar-refractivity contribution in [3.8, 4) is 5.75 Å². The van der Waals surface area contributed by atoms with Gasteiger partial charge in [-0.2, -0.15) is 8.42 Å². The molecule has 1 aromatic rings. The van der Waals surface area contributed by atoms with Crippen LogP contribution in [-0.2, 0) is 10.1 Å². The summed E-state index contributed by atoms with van der Waals surface area (Å²) in [6.07, 6.45) is 0. The van der Waals surface area contributed by atoms with Crippen LogP contribution in [0.1, 0.15) is 0 Å². The summed E-state index contributed by atoms with van der Waals surface area (Å²) in [6, 6.07) is 2.76. The number of hydrogen-bond donors (Lipinski definition) is 1. The van der Waals surface area contributed by atoms with Gasteiger partial charge in [-0.1, -0.05) is 0 Å². The van der Waals surface area contributed by atoms with E-state index >= 15 is 0 Å². The Bertz CT molecular complexity index is 500. The third kappa shape index (κ3) is 3.42. The fraction of sp³-hybridized carbons (Fsp3) is 0.143. The molecule has 1 rings (SSSR count). The van der Waals surface area contributed by atoms with Gasteiger partial charge in [-0.15, -0.1) is 0 Å². The summed E-state index contributed by atoms with van der Waals surface area (Å²) in [5, 5.41) is 10.5. The van der Waals surface area contributed by atoms with Crippen molar-refractivity contribution in [2.45, 2.75) is 4.90 Å². The van der Waals surface area contributed by atoms with E-state index in [9.17, 15) is 18.5 Å². The Morgan fingerprint density at radius 3 is 2.38 bits per heavy atom. The zero-order valence-corrected chi connectivity index (χ0v) is 11.4. The van der Waals surface area contributed by atoms with Gasteiger partial charge in [-0.25, -0.2) is 0 Å². The minimum Gasteiger partial charge on any atom is -0.490 e. The predicted octanol–water partition coefficient (Wildman–Crippen LogP) is 0.469. The van der Waals surface area contributed by atoms with Crippen LogP contribution in [0, 0.1) is 10.1 Å². The third-order valence-corrected chi connectivity index (χ3v) is 2.50. The molecule has 1 radical (unpaired) electrons. The number of methoxy groups -OCH3 is 1. The van der Waals surface area contributed by atoms with Crippen LogP contribution in [0.15, 0.2) is 23.1 Å². The predicted molar refractivity (Wildman–Crippen MR) is 55.2 cm³/mol. The van der Waals surface area contributed by atoms with Gasteiger partial charge in [-0.05, 0) is 6.07 Å². The van der Waals surface area contributed by atoms with Gasteiger partial charge in [0, 0.05) is 41.7 Å². The summed E-state index contributed by atoms with van der Waals surface area (Å²) in [5.74, 6) is -0.227. The minimum absolute atomic E-state index is 0. The number of nitrogens with zero attached hydrogens (tertiary/aromatic N) is 1. The van der Waals surface area contributed by atoms with Crippen LogP contribution in [0.25, 0.3) is 0 Å². The van der Waals surface area contributed by atoms with Gasteiger partial charge >= 0.3 is 5.69 Å². The molecular weight excluding hydrogens is 249 g/mol. The van der Waals surface area contributed by atoms with Gasteiger partial charge in [0.15, 0.2) is 5.75 Å². The monoisotopic (exact) mass is 256 g/mol. The molecule has 0 fully saturated rings. The molecule has 1 aromatic carbocycles. The molecule has 0 saturated heterocycles. The summed E-state index contributed by atoms with van der Waals surface area (Å²) in [5.41, 5.74) is -0.370. The molecule has 0 unspecified atom stereocenters. The van der Waals surface area contributed by atoms with Gasteiger partial charge in [0.25, 0.3) is 10.1 Å². The first-order valence-electron chi connectivity index (χ1n) is 3.66. The second-order valence-electron chi connectivity index (χ2n) is 2.57. The molecule has 0 amide bonds. The molecule has 16 heavy (non-hydrogen) atoms. The first-order valence-corrected chi connectivity index (χ1v) is 5.10. The summed E-state index contributed by atoms with van der Waals surface area (Å²) in [4.78, 5) is 9.29. The molecule has 0 aromatic heterocycles. The Kier molecular flexibility index (Phi) is 5.36. The molecule has 0 aliphatic heterocycles. The van der Waals surface area contributed by atoms with Crippen molar-refractivity contribution in [2.75, 3.05) is 7.11 Å². The average Bonchev–Trinajstić information content (AvgIpc) is 2.15. The first kappa shape index (κ1) is 15.3. The van der Waals surface area contributed by atoms with E-state index < -0.39 is 19.9 Å². The summed E-state index contributed by atoms with van der Waals surface area (Å²) < 4.78 is 34.7. The molecular formula is C7H7NNaO6S. The van der Waals surface area contributed by atoms with Gasteiger partial charge in [0.1, 0.15) is 0 Å². The van der Waals surface area contributed by atoms with Crippen molar-refractivity contribution < 1.29 is 22.6 Å².